The summed E-state index contributed by atoms with van der Waals surface area (Å²) in [4.78, 5) is 2.36. The van der Waals surface area contributed by atoms with Gasteiger partial charge in [0.1, 0.15) is 13.1 Å². The van der Waals surface area contributed by atoms with E-state index in [-0.39, 0.29) is 35.3 Å². The monoisotopic (exact) mass is 583 g/mol. The van der Waals surface area contributed by atoms with Gasteiger partial charge in [0, 0.05) is 29.9 Å². The summed E-state index contributed by atoms with van der Waals surface area (Å²) in [7, 11) is 1.64. The number of nitrogens with two attached hydrogens (primary N) is 1. The number of hydrogen-bond acceptors (Lipinski definition) is 5. The van der Waals surface area contributed by atoms with Gasteiger partial charge in [0.15, 0.2) is 0 Å². The minimum Gasteiger partial charge on any atom is -0.371 e. The highest BCUT2D eigenvalue weighted by Crippen LogP contribution is 2.39. The SMILES string of the molecule is CCN(CC1CCCC1)c1cc2c(cc1C[N+]1(Cc3cc(C(F)(F)F)cc(C(F)(F)F)c3)C(N)=NNN1C)CCC2. The lowest BCUT2D eigenvalue weighted by Crippen LogP contribution is -2.61. The molecule has 0 aromatic heterocycles. The molecule has 1 fully saturated rings. The number of anilines is 1. The number of hydrazine groups is 1. The van der Waals surface area contributed by atoms with Gasteiger partial charge in [0.2, 0.25) is 0 Å². The average molecular weight is 584 g/mol. The molecule has 2 aliphatic carbocycles. The maximum atomic E-state index is 13.7. The summed E-state index contributed by atoms with van der Waals surface area (Å²) >= 11 is 0. The van der Waals surface area contributed by atoms with Crippen LogP contribution in [0.4, 0.5) is 32.0 Å². The number of alkyl halides is 6. The third-order valence-electron chi connectivity index (χ3n) is 8.80. The van der Waals surface area contributed by atoms with E-state index in [0.29, 0.717) is 5.92 Å². The van der Waals surface area contributed by atoms with Gasteiger partial charge in [-0.05, 0) is 91.5 Å². The minimum atomic E-state index is -4.94. The van der Waals surface area contributed by atoms with E-state index >= 15 is 0 Å². The molecule has 1 aliphatic heterocycles. The zero-order chi connectivity index (χ0) is 29.6. The summed E-state index contributed by atoms with van der Waals surface area (Å²) < 4.78 is 81.7. The lowest BCUT2D eigenvalue weighted by Gasteiger charge is -2.38. The van der Waals surface area contributed by atoms with Crippen LogP contribution in [0.3, 0.4) is 0 Å². The summed E-state index contributed by atoms with van der Waals surface area (Å²) in [5, 5.41) is 5.69. The van der Waals surface area contributed by atoms with Crippen molar-refractivity contribution in [2.45, 2.75) is 77.3 Å². The molecule has 1 atom stereocenters. The van der Waals surface area contributed by atoms with E-state index in [0.717, 1.165) is 55.7 Å². The lowest BCUT2D eigenvalue weighted by atomic mass is 10.00. The number of guanidine groups is 1. The highest BCUT2D eigenvalue weighted by Gasteiger charge is 2.46. The number of halogens is 6. The van der Waals surface area contributed by atoms with Crippen molar-refractivity contribution < 1.29 is 30.9 Å². The molecule has 6 nitrogen and oxygen atoms in total. The van der Waals surface area contributed by atoms with Crippen LogP contribution in [0.15, 0.2) is 35.4 Å². The minimum absolute atomic E-state index is 0.0590. The molecule has 0 radical (unpaired) electrons. The van der Waals surface area contributed by atoms with Crippen molar-refractivity contribution in [2.75, 3.05) is 25.0 Å². The summed E-state index contributed by atoms with van der Waals surface area (Å²) in [5.74, 6) is 0.650. The maximum Gasteiger partial charge on any atom is 0.416 e. The number of nitrogens with zero attached hydrogens (tertiary/aromatic N) is 4. The molecular weight excluding hydrogens is 546 g/mol. The van der Waals surface area contributed by atoms with Gasteiger partial charge in [-0.3, -0.25) is 0 Å². The highest BCUT2D eigenvalue weighted by molar-refractivity contribution is 5.71. The normalized spacial score (nSPS) is 21.7. The van der Waals surface area contributed by atoms with Gasteiger partial charge in [-0.15, -0.1) is 0 Å². The Bertz CT molecular complexity index is 1270. The zero-order valence-corrected chi connectivity index (χ0v) is 23.4. The van der Waals surface area contributed by atoms with Crippen LogP contribution in [0.5, 0.6) is 0 Å². The fourth-order valence-corrected chi connectivity index (χ4v) is 6.57. The Morgan fingerprint density at radius 3 is 2.07 bits per heavy atom. The third kappa shape index (κ3) is 5.99. The third-order valence-corrected chi connectivity index (χ3v) is 8.80. The largest absolute Gasteiger partial charge is 0.416 e. The van der Waals surface area contributed by atoms with Crippen LogP contribution in [0.2, 0.25) is 0 Å². The standard InChI is InChI=1S/C29H37F6N6/c1-3-40(16-19-7-4-5-8-19)26-14-22-10-6-9-21(22)13-23(26)18-41(27(36)37-38-39(41)2)17-20-11-24(28(30,31)32)15-25(12-20)29(33,34)35/h11-15,19,38H,3-10,16-18H2,1-2H3,(H2,36,37)/q+1. The summed E-state index contributed by atoms with van der Waals surface area (Å²) in [6.45, 7) is 3.75. The van der Waals surface area contributed by atoms with Gasteiger partial charge in [-0.2, -0.15) is 36.5 Å². The molecule has 41 heavy (non-hydrogen) atoms. The second-order valence-corrected chi connectivity index (χ2v) is 11.5. The molecule has 0 saturated heterocycles. The fourth-order valence-electron chi connectivity index (χ4n) is 6.57. The molecule has 2 aromatic rings. The van der Waals surface area contributed by atoms with Gasteiger partial charge in [-0.1, -0.05) is 17.9 Å². The van der Waals surface area contributed by atoms with E-state index in [9.17, 15) is 26.3 Å². The first-order chi connectivity index (χ1) is 19.3. The lowest BCUT2D eigenvalue weighted by molar-refractivity contribution is -0.981. The van der Waals surface area contributed by atoms with Crippen LogP contribution in [0.25, 0.3) is 0 Å². The topological polar surface area (TPSA) is 56.9 Å². The first-order valence-electron chi connectivity index (χ1n) is 14.2. The number of aryl methyl sites for hydroxylation is 2. The molecule has 12 heteroatoms. The van der Waals surface area contributed by atoms with Gasteiger partial charge in [-0.25, -0.2) is 0 Å². The molecular formula is C29H37F6N6+. The zero-order valence-electron chi connectivity index (χ0n) is 23.4. The molecule has 2 aromatic carbocycles. The molecule has 224 valence electrons. The van der Waals surface area contributed by atoms with Gasteiger partial charge in [0.05, 0.1) is 18.2 Å². The Morgan fingerprint density at radius 1 is 0.927 bits per heavy atom. The van der Waals surface area contributed by atoms with Crippen LogP contribution in [0, 0.1) is 5.92 Å². The van der Waals surface area contributed by atoms with Gasteiger partial charge < -0.3 is 10.6 Å². The maximum absolute atomic E-state index is 13.7. The van der Waals surface area contributed by atoms with Crippen LogP contribution < -0.4 is 16.2 Å². The highest BCUT2D eigenvalue weighted by atomic mass is 19.4. The smallest absolute Gasteiger partial charge is 0.371 e. The molecule has 3 N–H and O–H groups in total. The Hall–Kier alpha value is -2.99. The van der Waals surface area contributed by atoms with Crippen molar-refractivity contribution in [2.24, 2.45) is 16.8 Å². The Morgan fingerprint density at radius 2 is 1.54 bits per heavy atom. The predicted molar refractivity (Wildman–Crippen MR) is 145 cm³/mol. The molecule has 1 saturated carbocycles. The molecule has 3 aliphatic rings. The van der Waals surface area contributed by atoms with E-state index in [1.54, 1.807) is 12.2 Å². The van der Waals surface area contributed by atoms with Gasteiger partial charge in [0.25, 0.3) is 0 Å². The fraction of sp³-hybridized carbons (Fsp3) is 0.552. The number of fused-ring (bicyclic) bond motifs is 1. The van der Waals surface area contributed by atoms with Crippen molar-refractivity contribution in [3.05, 3.63) is 63.7 Å². The summed E-state index contributed by atoms with van der Waals surface area (Å²) in [6, 6.07) is 6.09. The van der Waals surface area contributed by atoms with Crippen LogP contribution in [-0.4, -0.2) is 35.8 Å². The Balaban J connectivity index is 1.58. The second-order valence-electron chi connectivity index (χ2n) is 11.5. The van der Waals surface area contributed by atoms with E-state index < -0.39 is 23.5 Å². The number of hydrogen-bond donors (Lipinski definition) is 2. The summed E-state index contributed by atoms with van der Waals surface area (Å²) in [5.41, 5.74) is 10.9. The van der Waals surface area contributed by atoms with Gasteiger partial charge >= 0.3 is 18.3 Å². The number of benzene rings is 2. The van der Waals surface area contributed by atoms with E-state index in [1.165, 1.54) is 36.8 Å². The summed E-state index contributed by atoms with van der Waals surface area (Å²) in [6.07, 6.45) is -2.12. The quantitative estimate of drug-likeness (QED) is 0.281. The molecule has 1 unspecified atom stereocenters. The van der Waals surface area contributed by atoms with E-state index in [2.05, 4.69) is 34.6 Å². The number of nitrogens with one attached hydrogen (secondary N) is 1. The molecule has 5 rings (SSSR count). The second kappa shape index (κ2) is 11.0. The number of hydrazone groups is 1. The Labute approximate surface area is 236 Å². The van der Waals surface area contributed by atoms with Crippen LogP contribution in [-0.2, 0) is 38.3 Å². The molecule has 1 heterocycles. The van der Waals surface area contributed by atoms with Crippen LogP contribution >= 0.6 is 0 Å². The first kappa shape index (κ1) is 29.5. The van der Waals surface area contributed by atoms with Crippen molar-refractivity contribution in [1.82, 2.24) is 10.7 Å². The average Bonchev–Trinajstić information content (AvgIpc) is 3.64. The number of quaternary nitrogens is 1. The predicted octanol–water partition coefficient (Wildman–Crippen LogP) is 6.34. The van der Waals surface area contributed by atoms with Crippen molar-refractivity contribution >= 4 is 11.6 Å². The Kier molecular flexibility index (Phi) is 7.92. The molecule has 0 spiro atoms. The van der Waals surface area contributed by atoms with E-state index in [1.807, 2.05) is 0 Å². The van der Waals surface area contributed by atoms with Crippen molar-refractivity contribution in [1.29, 1.82) is 0 Å². The van der Waals surface area contributed by atoms with E-state index in [4.69, 9.17) is 5.73 Å². The van der Waals surface area contributed by atoms with Crippen LogP contribution in [0.1, 0.15) is 72.4 Å². The van der Waals surface area contributed by atoms with Crippen molar-refractivity contribution in [3.63, 3.8) is 0 Å². The molecule has 0 amide bonds. The number of rotatable bonds is 8. The molecule has 0 bridgehead atoms. The first-order valence-corrected chi connectivity index (χ1v) is 14.2. The van der Waals surface area contributed by atoms with Crippen molar-refractivity contribution in [3.8, 4) is 0 Å².